The average Bonchev–Trinajstić information content (AvgIpc) is 3.03. The van der Waals surface area contributed by atoms with Crippen LogP contribution in [0, 0.1) is 0 Å². The van der Waals surface area contributed by atoms with Gasteiger partial charge in [0.2, 0.25) is 0 Å². The zero-order valence-corrected chi connectivity index (χ0v) is 32.4. The highest BCUT2D eigenvalue weighted by atomic mass is 31.2. The molecule has 0 aromatic heterocycles. The van der Waals surface area contributed by atoms with Gasteiger partial charge in [-0.05, 0) is 51.4 Å². The Morgan fingerprint density at radius 3 is 1.81 bits per heavy atom. The third kappa shape index (κ3) is 35.8. The second-order valence-corrected chi connectivity index (χ2v) is 15.0. The van der Waals surface area contributed by atoms with E-state index in [2.05, 4.69) is 62.5 Å². The number of likely N-dealkylation sites (N-methyl/N-ethyl adjacent to an activating group) is 1. The predicted molar refractivity (Wildman–Crippen MR) is 201 cm³/mol. The Morgan fingerprint density at radius 1 is 0.667 bits per heavy atom. The lowest BCUT2D eigenvalue weighted by Gasteiger charge is -2.24. The van der Waals surface area contributed by atoms with Crippen molar-refractivity contribution in [3.8, 4) is 0 Å². The van der Waals surface area contributed by atoms with Crippen molar-refractivity contribution >= 4 is 13.8 Å². The van der Waals surface area contributed by atoms with E-state index >= 15 is 0 Å². The highest BCUT2D eigenvalue weighted by Crippen LogP contribution is 2.43. The molecule has 0 aliphatic carbocycles. The minimum atomic E-state index is -4.27. The van der Waals surface area contributed by atoms with Crippen LogP contribution in [-0.2, 0) is 27.9 Å². The van der Waals surface area contributed by atoms with Crippen LogP contribution in [0.5, 0.6) is 0 Å². The van der Waals surface area contributed by atoms with Crippen molar-refractivity contribution in [3.63, 3.8) is 0 Å². The zero-order valence-electron chi connectivity index (χ0n) is 31.5. The van der Waals surface area contributed by atoms with E-state index in [4.69, 9.17) is 18.5 Å². The van der Waals surface area contributed by atoms with E-state index in [1.54, 1.807) is 0 Å². The van der Waals surface area contributed by atoms with Gasteiger partial charge in [0.15, 0.2) is 0 Å². The van der Waals surface area contributed by atoms with Gasteiger partial charge in [-0.1, -0.05) is 127 Å². The van der Waals surface area contributed by atoms with Gasteiger partial charge in [-0.2, -0.15) is 0 Å². The molecule has 48 heavy (non-hydrogen) atoms. The second kappa shape index (κ2) is 32.7. The molecule has 0 saturated heterocycles. The largest absolute Gasteiger partial charge is 0.472 e. The normalized spacial score (nSPS) is 14.5. The summed E-state index contributed by atoms with van der Waals surface area (Å²) in [6.45, 7) is 5.44. The predicted octanol–water partition coefficient (Wildman–Crippen LogP) is 10.4. The number of hydrogen-bond acceptors (Lipinski definition) is 6. The third-order valence-electron chi connectivity index (χ3n) is 7.65. The first-order valence-electron chi connectivity index (χ1n) is 18.9. The molecule has 0 radical (unpaired) electrons. The fourth-order valence-electron chi connectivity index (χ4n) is 4.72. The van der Waals surface area contributed by atoms with Gasteiger partial charge in [0.25, 0.3) is 0 Å². The van der Waals surface area contributed by atoms with E-state index in [1.807, 2.05) is 21.1 Å². The molecule has 2 atom stereocenters. The van der Waals surface area contributed by atoms with E-state index < -0.39 is 13.9 Å². The molecule has 1 N–H and O–H groups in total. The Hall–Kier alpha value is -1.54. The van der Waals surface area contributed by atoms with Gasteiger partial charge in [-0.15, -0.1) is 0 Å². The van der Waals surface area contributed by atoms with Crippen molar-refractivity contribution < 1.29 is 37.3 Å². The Bertz CT molecular complexity index is 911. The molecule has 280 valence electrons. The number of ether oxygens (including phenoxy) is 2. The maximum Gasteiger partial charge on any atom is 0.472 e. The topological polar surface area (TPSA) is 91.3 Å². The van der Waals surface area contributed by atoms with Crippen molar-refractivity contribution in [1.82, 2.24) is 0 Å². The maximum atomic E-state index is 12.6. The van der Waals surface area contributed by atoms with Gasteiger partial charge < -0.3 is 18.9 Å². The summed E-state index contributed by atoms with van der Waals surface area (Å²) >= 11 is 0. The molecule has 0 rings (SSSR count). The summed E-state index contributed by atoms with van der Waals surface area (Å²) in [5.41, 5.74) is 0. The van der Waals surface area contributed by atoms with Crippen LogP contribution in [0.25, 0.3) is 0 Å². The second-order valence-electron chi connectivity index (χ2n) is 13.6. The fraction of sp³-hybridized carbons (Fsp3) is 0.769. The highest BCUT2D eigenvalue weighted by molar-refractivity contribution is 7.47. The van der Waals surface area contributed by atoms with Gasteiger partial charge in [0.05, 0.1) is 34.4 Å². The summed E-state index contributed by atoms with van der Waals surface area (Å²) in [5, 5.41) is 0. The summed E-state index contributed by atoms with van der Waals surface area (Å²) in [6.07, 6.45) is 37.1. The van der Waals surface area contributed by atoms with E-state index in [-0.39, 0.29) is 25.8 Å². The van der Waals surface area contributed by atoms with E-state index in [9.17, 15) is 14.3 Å². The Morgan fingerprint density at radius 2 is 1.21 bits per heavy atom. The van der Waals surface area contributed by atoms with Crippen molar-refractivity contribution in [2.45, 2.75) is 142 Å². The SMILES string of the molecule is CC/C=C\C/C=C\C/C=C\C/C=C\CCCCCCC(=O)OC(COCCCCCCCCCCC)COP(=O)(O)OCC[N+](C)(C)C. The molecule has 0 aliphatic heterocycles. The number of esters is 1. The molecule has 9 heteroatoms. The van der Waals surface area contributed by atoms with Gasteiger partial charge in [0.1, 0.15) is 19.3 Å². The lowest BCUT2D eigenvalue weighted by molar-refractivity contribution is -0.870. The molecule has 0 spiro atoms. The van der Waals surface area contributed by atoms with Crippen LogP contribution >= 0.6 is 7.82 Å². The molecule has 0 amide bonds. The van der Waals surface area contributed by atoms with E-state index in [0.717, 1.165) is 70.6 Å². The maximum absolute atomic E-state index is 12.6. The molecule has 0 bridgehead atoms. The Balaban J connectivity index is 4.34. The van der Waals surface area contributed by atoms with Crippen LogP contribution < -0.4 is 0 Å². The van der Waals surface area contributed by atoms with E-state index in [0.29, 0.717) is 24.1 Å². The van der Waals surface area contributed by atoms with Crippen LogP contribution in [0.15, 0.2) is 48.6 Å². The highest BCUT2D eigenvalue weighted by Gasteiger charge is 2.26. The first-order valence-corrected chi connectivity index (χ1v) is 20.4. The number of unbranched alkanes of at least 4 members (excludes halogenated alkanes) is 12. The number of quaternary nitrogens is 1. The zero-order chi connectivity index (χ0) is 35.6. The van der Waals surface area contributed by atoms with Crippen molar-refractivity contribution in [1.29, 1.82) is 0 Å². The summed E-state index contributed by atoms with van der Waals surface area (Å²) in [5.74, 6) is -0.340. The van der Waals surface area contributed by atoms with Crippen molar-refractivity contribution in [3.05, 3.63) is 48.6 Å². The smallest absolute Gasteiger partial charge is 0.457 e. The summed E-state index contributed by atoms with van der Waals surface area (Å²) in [6, 6.07) is 0. The van der Waals surface area contributed by atoms with Crippen LogP contribution in [0.4, 0.5) is 0 Å². The molecular formula is C39H73NO7P+. The van der Waals surface area contributed by atoms with Crippen LogP contribution in [0.1, 0.15) is 136 Å². The first-order chi connectivity index (χ1) is 23.1. The number of hydrogen-bond donors (Lipinski definition) is 1. The van der Waals surface area contributed by atoms with Gasteiger partial charge in [-0.25, -0.2) is 4.57 Å². The molecule has 0 aromatic carbocycles. The number of phosphoric ester groups is 1. The van der Waals surface area contributed by atoms with Crippen LogP contribution in [0.2, 0.25) is 0 Å². The number of allylic oxidation sites excluding steroid dienone is 8. The van der Waals surface area contributed by atoms with Gasteiger partial charge >= 0.3 is 13.8 Å². The molecule has 0 aliphatic rings. The standard InChI is InChI=1S/C39H72NO7P/c1-6-8-10-12-14-16-17-18-19-20-21-22-23-24-26-28-30-32-39(41)47-38(37-46-48(42,43)45-35-33-40(3,4)5)36-44-34-31-29-27-25-15-13-11-9-7-2/h8,10,14,16,18-19,21-22,38H,6-7,9,11-13,15,17,20,23-37H2,1-5H3/p+1/b10-8-,16-14-,19-18-,22-21-. The minimum Gasteiger partial charge on any atom is -0.457 e. The quantitative estimate of drug-likeness (QED) is 0.0235. The molecular weight excluding hydrogens is 625 g/mol. The molecule has 2 unspecified atom stereocenters. The van der Waals surface area contributed by atoms with Crippen molar-refractivity contribution in [2.24, 2.45) is 0 Å². The lowest BCUT2D eigenvalue weighted by Crippen LogP contribution is -2.37. The summed E-state index contributed by atoms with van der Waals surface area (Å²) in [4.78, 5) is 22.7. The Labute approximate surface area is 295 Å². The van der Waals surface area contributed by atoms with Crippen LogP contribution in [0.3, 0.4) is 0 Å². The van der Waals surface area contributed by atoms with Gasteiger partial charge in [0, 0.05) is 13.0 Å². The molecule has 0 heterocycles. The third-order valence-corrected chi connectivity index (χ3v) is 8.64. The van der Waals surface area contributed by atoms with Gasteiger partial charge in [-0.3, -0.25) is 13.8 Å². The lowest BCUT2D eigenvalue weighted by atomic mass is 10.1. The number of nitrogens with zero attached hydrogens (tertiary/aromatic N) is 1. The molecule has 8 nitrogen and oxygen atoms in total. The van der Waals surface area contributed by atoms with Crippen molar-refractivity contribution in [2.75, 3.05) is 54.1 Å². The number of rotatable bonds is 34. The van der Waals surface area contributed by atoms with Crippen LogP contribution in [-0.4, -0.2) is 75.6 Å². The number of carbonyl (C=O) groups is 1. The fourth-order valence-corrected chi connectivity index (χ4v) is 5.46. The minimum absolute atomic E-state index is 0.0825. The average molecular weight is 699 g/mol. The first kappa shape index (κ1) is 46.5. The monoisotopic (exact) mass is 699 g/mol. The summed E-state index contributed by atoms with van der Waals surface area (Å²) < 4.78 is 34.7. The molecule has 0 fully saturated rings. The van der Waals surface area contributed by atoms with E-state index in [1.165, 1.54) is 44.9 Å². The number of phosphoric acid groups is 1. The number of carbonyl (C=O) groups excluding carboxylic acids is 1. The molecule has 0 saturated carbocycles. The Kier molecular flexibility index (Phi) is 31.6. The molecule has 0 aromatic rings. The summed E-state index contributed by atoms with van der Waals surface area (Å²) in [7, 11) is 1.64.